The van der Waals surface area contributed by atoms with Gasteiger partial charge in [-0.3, -0.25) is 14.8 Å². The first-order chi connectivity index (χ1) is 7.20. The topological polar surface area (TPSA) is 70.2 Å². The summed E-state index contributed by atoms with van der Waals surface area (Å²) in [6, 6.07) is 0.146. The molecule has 1 aliphatic heterocycles. The normalized spacial score (nSPS) is 21.5. The Labute approximate surface area is 87.0 Å². The summed E-state index contributed by atoms with van der Waals surface area (Å²) in [5.41, 5.74) is 0.691. The molecule has 0 aliphatic carbocycles. The van der Waals surface area contributed by atoms with Gasteiger partial charge in [-0.25, -0.2) is 0 Å². The van der Waals surface area contributed by atoms with Crippen LogP contribution in [0.25, 0.3) is 0 Å². The van der Waals surface area contributed by atoms with Crippen LogP contribution in [0, 0.1) is 17.0 Å². The van der Waals surface area contributed by atoms with Gasteiger partial charge in [-0.2, -0.15) is 5.10 Å². The quantitative estimate of drug-likeness (QED) is 0.548. The van der Waals surface area contributed by atoms with E-state index in [0.29, 0.717) is 12.3 Å². The van der Waals surface area contributed by atoms with Crippen LogP contribution in [0.2, 0.25) is 0 Å². The van der Waals surface area contributed by atoms with Gasteiger partial charge in [-0.1, -0.05) is 0 Å². The molecule has 0 radical (unpaired) electrons. The van der Waals surface area contributed by atoms with E-state index in [0.717, 1.165) is 19.4 Å². The third-order valence-corrected chi connectivity index (χ3v) is 2.70. The van der Waals surface area contributed by atoms with Crippen molar-refractivity contribution in [3.8, 4) is 0 Å². The molecule has 0 bridgehead atoms. The Balaban J connectivity index is 2.24. The second kappa shape index (κ2) is 3.98. The van der Waals surface area contributed by atoms with Gasteiger partial charge >= 0.3 is 5.69 Å². The minimum absolute atomic E-state index is 0.0839. The van der Waals surface area contributed by atoms with Crippen LogP contribution in [-0.4, -0.2) is 27.9 Å². The van der Waals surface area contributed by atoms with Crippen molar-refractivity contribution in [3.05, 3.63) is 22.0 Å². The van der Waals surface area contributed by atoms with Crippen LogP contribution in [0.15, 0.2) is 6.20 Å². The van der Waals surface area contributed by atoms with Gasteiger partial charge in [0.2, 0.25) is 0 Å². The third-order valence-electron chi connectivity index (χ3n) is 2.70. The maximum absolute atomic E-state index is 10.6. The summed E-state index contributed by atoms with van der Waals surface area (Å²) < 4.78 is 7.04. The smallest absolute Gasteiger partial charge is 0.309 e. The lowest BCUT2D eigenvalue weighted by molar-refractivity contribution is -0.385. The van der Waals surface area contributed by atoms with Crippen LogP contribution in [-0.2, 0) is 4.74 Å². The maximum atomic E-state index is 10.6. The molecular weight excluding hydrogens is 198 g/mol. The molecular formula is C9H13N3O3. The molecule has 1 fully saturated rings. The summed E-state index contributed by atoms with van der Waals surface area (Å²) in [6.45, 7) is 3.10. The Kier molecular flexibility index (Phi) is 2.68. The largest absolute Gasteiger partial charge is 0.379 e. The molecule has 0 aromatic carbocycles. The molecule has 2 heterocycles. The van der Waals surface area contributed by atoms with E-state index in [1.165, 1.54) is 6.20 Å². The van der Waals surface area contributed by atoms with Crippen LogP contribution in [0.3, 0.4) is 0 Å². The predicted octanol–water partition coefficient (Wildman–Crippen LogP) is 1.45. The average molecular weight is 211 g/mol. The molecule has 1 aliphatic rings. The molecule has 0 spiro atoms. The van der Waals surface area contributed by atoms with Crippen molar-refractivity contribution >= 4 is 5.69 Å². The van der Waals surface area contributed by atoms with Gasteiger partial charge in [-0.05, 0) is 19.8 Å². The molecule has 0 saturated carbocycles. The zero-order chi connectivity index (χ0) is 10.8. The van der Waals surface area contributed by atoms with Gasteiger partial charge in [-0.15, -0.1) is 0 Å². The molecule has 15 heavy (non-hydrogen) atoms. The summed E-state index contributed by atoms with van der Waals surface area (Å²) in [7, 11) is 0. The number of nitrogens with zero attached hydrogens (tertiary/aromatic N) is 3. The first-order valence-electron chi connectivity index (χ1n) is 4.96. The third kappa shape index (κ3) is 1.85. The number of aromatic nitrogens is 2. The highest BCUT2D eigenvalue weighted by molar-refractivity contribution is 5.31. The van der Waals surface area contributed by atoms with Gasteiger partial charge in [0, 0.05) is 6.61 Å². The number of hydrogen-bond donors (Lipinski definition) is 0. The van der Waals surface area contributed by atoms with Gasteiger partial charge in [0.15, 0.2) is 0 Å². The molecule has 1 aromatic rings. The Hall–Kier alpha value is -1.43. The van der Waals surface area contributed by atoms with E-state index in [1.807, 2.05) is 0 Å². The zero-order valence-corrected chi connectivity index (χ0v) is 8.55. The Bertz CT molecular complexity index is 369. The molecule has 1 atom stereocenters. The van der Waals surface area contributed by atoms with Gasteiger partial charge in [0.1, 0.15) is 11.9 Å². The molecule has 82 valence electrons. The molecule has 6 heteroatoms. The second-order valence-corrected chi connectivity index (χ2v) is 3.69. The lowest BCUT2D eigenvalue weighted by Crippen LogP contribution is -2.22. The van der Waals surface area contributed by atoms with E-state index in [9.17, 15) is 10.1 Å². The van der Waals surface area contributed by atoms with E-state index in [2.05, 4.69) is 5.10 Å². The fourth-order valence-electron chi connectivity index (χ4n) is 1.88. The monoisotopic (exact) mass is 211 g/mol. The summed E-state index contributed by atoms with van der Waals surface area (Å²) in [5, 5.41) is 14.7. The Morgan fingerprint density at radius 2 is 2.53 bits per heavy atom. The van der Waals surface area contributed by atoms with E-state index in [-0.39, 0.29) is 11.7 Å². The predicted molar refractivity (Wildman–Crippen MR) is 52.7 cm³/mol. The Morgan fingerprint density at radius 1 is 1.73 bits per heavy atom. The van der Waals surface area contributed by atoms with Crippen LogP contribution in [0.5, 0.6) is 0 Å². The van der Waals surface area contributed by atoms with Crippen molar-refractivity contribution in [1.82, 2.24) is 9.78 Å². The van der Waals surface area contributed by atoms with Gasteiger partial charge < -0.3 is 4.74 Å². The van der Waals surface area contributed by atoms with E-state index >= 15 is 0 Å². The summed E-state index contributed by atoms with van der Waals surface area (Å²) in [5.74, 6) is 0. The highest BCUT2D eigenvalue weighted by Gasteiger charge is 2.23. The van der Waals surface area contributed by atoms with Gasteiger partial charge in [0.05, 0.1) is 17.6 Å². The first kappa shape index (κ1) is 10.1. The first-order valence-corrected chi connectivity index (χ1v) is 4.96. The van der Waals surface area contributed by atoms with Crippen LogP contribution >= 0.6 is 0 Å². The van der Waals surface area contributed by atoms with Crippen LogP contribution in [0.4, 0.5) is 5.69 Å². The molecule has 1 saturated heterocycles. The molecule has 1 unspecified atom stereocenters. The fraction of sp³-hybridized carbons (Fsp3) is 0.667. The lowest BCUT2D eigenvalue weighted by Gasteiger charge is -2.23. The van der Waals surface area contributed by atoms with Crippen LogP contribution in [0.1, 0.15) is 24.6 Å². The highest BCUT2D eigenvalue weighted by Crippen LogP contribution is 2.24. The fourth-order valence-corrected chi connectivity index (χ4v) is 1.88. The van der Waals surface area contributed by atoms with Crippen molar-refractivity contribution < 1.29 is 9.66 Å². The summed E-state index contributed by atoms with van der Waals surface area (Å²) in [4.78, 5) is 10.2. The zero-order valence-electron chi connectivity index (χ0n) is 8.55. The molecule has 2 rings (SSSR count). The minimum atomic E-state index is -0.400. The van der Waals surface area contributed by atoms with Crippen molar-refractivity contribution in [1.29, 1.82) is 0 Å². The van der Waals surface area contributed by atoms with E-state index < -0.39 is 4.92 Å². The number of nitro groups is 1. The standard InChI is InChI=1S/C9H13N3O3/c1-7-9(12(13)14)5-10-11(7)8-3-2-4-15-6-8/h5,8H,2-4,6H2,1H3. The molecule has 6 nitrogen and oxygen atoms in total. The molecule has 0 N–H and O–H groups in total. The van der Waals surface area contributed by atoms with Crippen molar-refractivity contribution in [2.75, 3.05) is 13.2 Å². The molecule has 0 amide bonds. The van der Waals surface area contributed by atoms with E-state index in [4.69, 9.17) is 4.74 Å². The summed E-state index contributed by atoms with van der Waals surface area (Å²) in [6.07, 6.45) is 3.27. The summed E-state index contributed by atoms with van der Waals surface area (Å²) >= 11 is 0. The number of hydrogen-bond acceptors (Lipinski definition) is 4. The number of rotatable bonds is 2. The van der Waals surface area contributed by atoms with Crippen LogP contribution < -0.4 is 0 Å². The minimum Gasteiger partial charge on any atom is -0.379 e. The van der Waals surface area contributed by atoms with Crippen molar-refractivity contribution in [2.45, 2.75) is 25.8 Å². The average Bonchev–Trinajstić information content (AvgIpc) is 2.61. The molecule has 1 aromatic heterocycles. The highest BCUT2D eigenvalue weighted by atomic mass is 16.6. The Morgan fingerprint density at radius 3 is 3.07 bits per heavy atom. The van der Waals surface area contributed by atoms with E-state index in [1.54, 1.807) is 11.6 Å². The number of ether oxygens (including phenoxy) is 1. The van der Waals surface area contributed by atoms with Crippen molar-refractivity contribution in [3.63, 3.8) is 0 Å². The SMILES string of the molecule is Cc1c([N+](=O)[O-])cnn1C1CCCOC1. The van der Waals surface area contributed by atoms with Crippen molar-refractivity contribution in [2.24, 2.45) is 0 Å². The maximum Gasteiger partial charge on any atom is 0.309 e. The van der Waals surface area contributed by atoms with Gasteiger partial charge in [0.25, 0.3) is 0 Å². The second-order valence-electron chi connectivity index (χ2n) is 3.69. The lowest BCUT2D eigenvalue weighted by atomic mass is 10.1.